The van der Waals surface area contributed by atoms with Gasteiger partial charge in [-0.3, -0.25) is 4.79 Å². The maximum absolute atomic E-state index is 12.5. The third-order valence-electron chi connectivity index (χ3n) is 4.63. The Morgan fingerprint density at radius 2 is 2.08 bits per heavy atom. The molecule has 1 saturated carbocycles. The lowest BCUT2D eigenvalue weighted by Gasteiger charge is -2.28. The molecular weight excluding hydrogens is 300 g/mol. The van der Waals surface area contributed by atoms with Gasteiger partial charge in [-0.1, -0.05) is 38.8 Å². The topological polar surface area (TPSA) is 53.3 Å². The molecule has 4 nitrogen and oxygen atoms in total. The molecule has 0 saturated heterocycles. The summed E-state index contributed by atoms with van der Waals surface area (Å²) in [6.07, 6.45) is 5.76. The number of carbonyl (C=O) groups excluding carboxylic acids is 1. The zero-order valence-corrected chi connectivity index (χ0v) is 14.8. The van der Waals surface area contributed by atoms with E-state index in [-0.39, 0.29) is 18.6 Å². The minimum absolute atomic E-state index is 0.0550. The first-order chi connectivity index (χ1) is 11.6. The number of amides is 1. The van der Waals surface area contributed by atoms with Crippen molar-refractivity contribution in [2.24, 2.45) is 5.92 Å². The van der Waals surface area contributed by atoms with Crippen molar-refractivity contribution in [2.75, 3.05) is 13.2 Å². The Balaban J connectivity index is 1.88. The molecule has 130 valence electrons. The highest BCUT2D eigenvalue weighted by Crippen LogP contribution is 2.25. The lowest BCUT2D eigenvalue weighted by molar-refractivity contribution is -0.139. The first-order valence-electron chi connectivity index (χ1n) is 9.00. The lowest BCUT2D eigenvalue weighted by atomic mass is 9.89. The summed E-state index contributed by atoms with van der Waals surface area (Å²) in [5.41, 5.74) is 1.68. The van der Waals surface area contributed by atoms with Gasteiger partial charge in [0, 0.05) is 13.1 Å². The molecule has 0 bridgehead atoms. The Kier molecular flexibility index (Phi) is 7.27. The molecule has 2 atom stereocenters. The average molecular weight is 328 g/mol. The molecule has 0 N–H and O–H groups in total. The van der Waals surface area contributed by atoms with Gasteiger partial charge < -0.3 is 9.64 Å². The van der Waals surface area contributed by atoms with Crippen molar-refractivity contribution in [2.45, 2.75) is 58.6 Å². The van der Waals surface area contributed by atoms with Gasteiger partial charge in [0.25, 0.3) is 0 Å². The Labute approximate surface area is 145 Å². The number of hydrogen-bond acceptors (Lipinski definition) is 3. The van der Waals surface area contributed by atoms with Crippen LogP contribution in [0.1, 0.15) is 57.1 Å². The Morgan fingerprint density at radius 1 is 1.33 bits per heavy atom. The van der Waals surface area contributed by atoms with Crippen molar-refractivity contribution in [1.29, 1.82) is 5.26 Å². The van der Waals surface area contributed by atoms with E-state index in [1.165, 1.54) is 12.8 Å². The molecule has 1 fully saturated rings. The van der Waals surface area contributed by atoms with E-state index in [2.05, 4.69) is 19.9 Å². The minimum atomic E-state index is 0.0550. The van der Waals surface area contributed by atoms with E-state index < -0.39 is 0 Å². The van der Waals surface area contributed by atoms with Gasteiger partial charge in [0.05, 0.1) is 17.7 Å². The smallest absolute Gasteiger partial charge is 0.248 e. The molecule has 4 heteroatoms. The molecule has 0 spiro atoms. The number of nitriles is 1. The first-order valence-corrected chi connectivity index (χ1v) is 9.00. The number of ether oxygens (including phenoxy) is 1. The summed E-state index contributed by atoms with van der Waals surface area (Å²) >= 11 is 0. The van der Waals surface area contributed by atoms with Crippen LogP contribution in [-0.4, -0.2) is 30.1 Å². The van der Waals surface area contributed by atoms with Gasteiger partial charge >= 0.3 is 0 Å². The number of hydrogen-bond donors (Lipinski definition) is 0. The SMILES string of the molecule is CCCN(Cc1ccc(C#N)cc1)C(=O)COC1CCCC(C)C1. The van der Waals surface area contributed by atoms with Crippen LogP contribution in [0.25, 0.3) is 0 Å². The fourth-order valence-corrected chi connectivity index (χ4v) is 3.28. The number of carbonyl (C=O) groups is 1. The molecule has 2 unspecified atom stereocenters. The van der Waals surface area contributed by atoms with Gasteiger partial charge in [-0.15, -0.1) is 0 Å². The maximum Gasteiger partial charge on any atom is 0.248 e. The van der Waals surface area contributed by atoms with E-state index in [0.29, 0.717) is 18.0 Å². The second-order valence-electron chi connectivity index (χ2n) is 6.83. The third-order valence-corrected chi connectivity index (χ3v) is 4.63. The molecule has 24 heavy (non-hydrogen) atoms. The molecule has 0 aromatic heterocycles. The zero-order valence-electron chi connectivity index (χ0n) is 14.8. The molecule has 1 aromatic carbocycles. The molecule has 1 aliphatic carbocycles. The number of nitrogens with zero attached hydrogens (tertiary/aromatic N) is 2. The highest BCUT2D eigenvalue weighted by molar-refractivity contribution is 5.77. The summed E-state index contributed by atoms with van der Waals surface area (Å²) in [6, 6.07) is 9.54. The molecular formula is C20H28N2O2. The largest absolute Gasteiger partial charge is 0.368 e. The van der Waals surface area contributed by atoms with Gasteiger partial charge in [-0.2, -0.15) is 5.26 Å². The molecule has 1 amide bonds. The Bertz CT molecular complexity index is 562. The van der Waals surface area contributed by atoms with Crippen molar-refractivity contribution in [1.82, 2.24) is 4.90 Å². The summed E-state index contributed by atoms with van der Waals surface area (Å²) in [7, 11) is 0. The molecule has 0 heterocycles. The highest BCUT2D eigenvalue weighted by atomic mass is 16.5. The maximum atomic E-state index is 12.5. The lowest BCUT2D eigenvalue weighted by Crippen LogP contribution is -2.36. The first kappa shape index (κ1) is 18.5. The molecule has 2 rings (SSSR count). The van der Waals surface area contributed by atoms with E-state index in [4.69, 9.17) is 10.00 Å². The minimum Gasteiger partial charge on any atom is -0.368 e. The van der Waals surface area contributed by atoms with Crippen LogP contribution in [0, 0.1) is 17.2 Å². The second-order valence-corrected chi connectivity index (χ2v) is 6.83. The van der Waals surface area contributed by atoms with Crippen LogP contribution in [-0.2, 0) is 16.1 Å². The Morgan fingerprint density at radius 3 is 2.71 bits per heavy atom. The van der Waals surface area contributed by atoms with Crippen LogP contribution < -0.4 is 0 Å². The van der Waals surface area contributed by atoms with E-state index in [1.807, 2.05) is 17.0 Å². The average Bonchev–Trinajstić information content (AvgIpc) is 2.60. The monoisotopic (exact) mass is 328 g/mol. The van der Waals surface area contributed by atoms with E-state index in [0.717, 1.165) is 31.4 Å². The molecule has 1 aromatic rings. The summed E-state index contributed by atoms with van der Waals surface area (Å²) in [5, 5.41) is 8.86. The molecule has 0 radical (unpaired) electrons. The quantitative estimate of drug-likeness (QED) is 0.763. The Hall–Kier alpha value is -1.86. The summed E-state index contributed by atoms with van der Waals surface area (Å²) in [5.74, 6) is 0.753. The third kappa shape index (κ3) is 5.65. The highest BCUT2D eigenvalue weighted by Gasteiger charge is 2.21. The standard InChI is InChI=1S/C20H28N2O2/c1-3-11-22(14-18-9-7-17(13-21)8-10-18)20(23)15-24-19-6-4-5-16(2)12-19/h7-10,16,19H,3-6,11-12,14-15H2,1-2H3. The van der Waals surface area contributed by atoms with Crippen LogP contribution in [0.3, 0.4) is 0 Å². The van der Waals surface area contributed by atoms with Gasteiger partial charge in [-0.25, -0.2) is 0 Å². The van der Waals surface area contributed by atoms with Crippen molar-refractivity contribution in [3.8, 4) is 6.07 Å². The van der Waals surface area contributed by atoms with Gasteiger partial charge in [0.1, 0.15) is 6.61 Å². The summed E-state index contributed by atoms with van der Waals surface area (Å²) < 4.78 is 5.88. The van der Waals surface area contributed by atoms with E-state index in [9.17, 15) is 4.79 Å². The van der Waals surface area contributed by atoms with Crippen LogP contribution in [0.4, 0.5) is 0 Å². The van der Waals surface area contributed by atoms with Crippen LogP contribution in [0.15, 0.2) is 24.3 Å². The van der Waals surface area contributed by atoms with E-state index >= 15 is 0 Å². The zero-order chi connectivity index (χ0) is 17.4. The van der Waals surface area contributed by atoms with Gasteiger partial charge in [-0.05, 0) is 42.9 Å². The fourth-order valence-electron chi connectivity index (χ4n) is 3.28. The predicted octanol–water partition coefficient (Wildman–Crippen LogP) is 3.89. The predicted molar refractivity (Wildman–Crippen MR) is 94.2 cm³/mol. The normalized spacial score (nSPS) is 20.4. The van der Waals surface area contributed by atoms with Crippen LogP contribution in [0.5, 0.6) is 0 Å². The fraction of sp³-hybridized carbons (Fsp3) is 0.600. The van der Waals surface area contributed by atoms with Crippen molar-refractivity contribution >= 4 is 5.91 Å². The molecule has 0 aliphatic heterocycles. The van der Waals surface area contributed by atoms with Crippen LogP contribution in [0.2, 0.25) is 0 Å². The van der Waals surface area contributed by atoms with Crippen molar-refractivity contribution < 1.29 is 9.53 Å². The van der Waals surface area contributed by atoms with Crippen molar-refractivity contribution in [3.63, 3.8) is 0 Å². The summed E-state index contributed by atoms with van der Waals surface area (Å²) in [4.78, 5) is 14.4. The number of benzene rings is 1. The van der Waals surface area contributed by atoms with E-state index in [1.54, 1.807) is 12.1 Å². The second kappa shape index (κ2) is 9.44. The molecule has 1 aliphatic rings. The van der Waals surface area contributed by atoms with Gasteiger partial charge in [0.2, 0.25) is 5.91 Å². The van der Waals surface area contributed by atoms with Gasteiger partial charge in [0.15, 0.2) is 0 Å². The van der Waals surface area contributed by atoms with Crippen LogP contribution >= 0.6 is 0 Å². The number of rotatable bonds is 7. The summed E-state index contributed by atoms with van der Waals surface area (Å²) in [6.45, 7) is 5.80. The van der Waals surface area contributed by atoms with Crippen molar-refractivity contribution in [3.05, 3.63) is 35.4 Å².